The number of aromatic nitrogens is 3. The molecule has 4 aromatic rings. The second-order valence-electron chi connectivity index (χ2n) is 10.2. The van der Waals surface area contributed by atoms with Crippen LogP contribution in [0.1, 0.15) is 54.1 Å². The van der Waals surface area contributed by atoms with Gasteiger partial charge in [0.05, 0.1) is 30.7 Å². The highest BCUT2D eigenvalue weighted by atomic mass is 35.5. The van der Waals surface area contributed by atoms with Crippen LogP contribution in [0.15, 0.2) is 48.7 Å². The maximum absolute atomic E-state index is 14.5. The number of fused-ring (bicyclic) bond motifs is 4. The molecule has 0 unspecified atom stereocenters. The minimum Gasteiger partial charge on any atom is -0.496 e. The van der Waals surface area contributed by atoms with Crippen molar-refractivity contribution in [1.82, 2.24) is 14.5 Å². The van der Waals surface area contributed by atoms with Gasteiger partial charge in [0.1, 0.15) is 11.6 Å². The normalized spacial score (nSPS) is 17.3. The summed E-state index contributed by atoms with van der Waals surface area (Å²) in [6.45, 7) is 8.13. The van der Waals surface area contributed by atoms with E-state index in [1.54, 1.807) is 49.7 Å². The Bertz CT molecular complexity index is 1750. The molecular formula is C30H27Cl2N5O4. The summed E-state index contributed by atoms with van der Waals surface area (Å²) in [6, 6.07) is 11.9. The number of pyridine rings is 1. The predicted molar refractivity (Wildman–Crippen MR) is 157 cm³/mol. The molecule has 0 bridgehead atoms. The molecule has 41 heavy (non-hydrogen) atoms. The number of nitrogens with one attached hydrogen (secondary N) is 1. The van der Waals surface area contributed by atoms with Gasteiger partial charge in [-0.1, -0.05) is 35.3 Å². The standard InChI is InChI=1S/C30H27Cl2N5O4/c1-6-41-24-13-23(40-5)19(14-33-24)27-35-25-26(36(27)15(2)3)30(20-10-9-17(31)11-21(20)34-29(30)39)37(28(25)38)22-12-18(32)8-7-16(22)4/h7-15H,6H2,1-5H3,(H,34,39)/t30-/m1/s1. The number of halogens is 2. The molecule has 0 aliphatic carbocycles. The highest BCUT2D eigenvalue weighted by Crippen LogP contribution is 2.55. The molecule has 2 aromatic carbocycles. The molecule has 1 spiro atoms. The number of carbonyl (C=O) groups excluding carboxylic acids is 2. The lowest BCUT2D eigenvalue weighted by atomic mass is 9.86. The van der Waals surface area contributed by atoms with Crippen LogP contribution in [0, 0.1) is 6.92 Å². The SMILES string of the molecule is CCOc1cc(OC)c(-c2nc3c(n2C(C)C)[C@]2(C(=O)Nc4cc(Cl)ccc42)N(c2cc(Cl)ccc2C)C3=O)cn1. The number of nitrogens with zero attached hydrogens (tertiary/aromatic N) is 4. The third-order valence-corrected chi connectivity index (χ3v) is 7.94. The summed E-state index contributed by atoms with van der Waals surface area (Å²) in [4.78, 5) is 39.7. The number of hydrogen-bond acceptors (Lipinski definition) is 6. The van der Waals surface area contributed by atoms with Gasteiger partial charge in [0, 0.05) is 39.6 Å². The summed E-state index contributed by atoms with van der Waals surface area (Å²) in [5.74, 6) is 0.497. The lowest BCUT2D eigenvalue weighted by Gasteiger charge is -2.36. The third-order valence-electron chi connectivity index (χ3n) is 7.47. The average Bonchev–Trinajstić information content (AvgIpc) is 3.54. The van der Waals surface area contributed by atoms with E-state index in [2.05, 4.69) is 10.3 Å². The second-order valence-corrected chi connectivity index (χ2v) is 11.1. The molecule has 6 rings (SSSR count). The lowest BCUT2D eigenvalue weighted by molar-refractivity contribution is -0.119. The number of aryl methyl sites for hydroxylation is 1. The van der Waals surface area contributed by atoms with E-state index >= 15 is 0 Å². The molecule has 210 valence electrons. The van der Waals surface area contributed by atoms with E-state index in [4.69, 9.17) is 37.7 Å². The number of methoxy groups -OCH3 is 1. The molecule has 0 saturated carbocycles. The summed E-state index contributed by atoms with van der Waals surface area (Å²) in [6.07, 6.45) is 1.61. The van der Waals surface area contributed by atoms with Crippen molar-refractivity contribution in [1.29, 1.82) is 0 Å². The van der Waals surface area contributed by atoms with Gasteiger partial charge in [-0.3, -0.25) is 14.5 Å². The van der Waals surface area contributed by atoms with Crippen LogP contribution < -0.4 is 19.7 Å². The number of imidazole rings is 1. The predicted octanol–water partition coefficient (Wildman–Crippen LogP) is 6.40. The average molecular weight is 592 g/mol. The van der Waals surface area contributed by atoms with Crippen molar-refractivity contribution in [3.8, 4) is 23.0 Å². The van der Waals surface area contributed by atoms with Crippen LogP contribution in [0.25, 0.3) is 11.4 Å². The zero-order chi connectivity index (χ0) is 29.2. The van der Waals surface area contributed by atoms with E-state index in [1.807, 2.05) is 38.3 Å². The van der Waals surface area contributed by atoms with Crippen molar-refractivity contribution in [3.63, 3.8) is 0 Å². The van der Waals surface area contributed by atoms with Gasteiger partial charge in [-0.25, -0.2) is 9.97 Å². The van der Waals surface area contributed by atoms with Crippen molar-refractivity contribution in [2.45, 2.75) is 39.3 Å². The van der Waals surface area contributed by atoms with Crippen LogP contribution in [0.4, 0.5) is 11.4 Å². The van der Waals surface area contributed by atoms with Crippen molar-refractivity contribution < 1.29 is 19.1 Å². The first-order chi connectivity index (χ1) is 19.6. The van der Waals surface area contributed by atoms with E-state index in [0.717, 1.165) is 5.56 Å². The Labute approximate surface area is 247 Å². The molecule has 9 nitrogen and oxygen atoms in total. The first-order valence-electron chi connectivity index (χ1n) is 13.2. The maximum atomic E-state index is 14.5. The van der Waals surface area contributed by atoms with E-state index in [1.165, 1.54) is 4.90 Å². The Balaban J connectivity index is 1.70. The van der Waals surface area contributed by atoms with Gasteiger partial charge in [0.2, 0.25) is 5.88 Å². The third kappa shape index (κ3) is 3.83. The van der Waals surface area contributed by atoms with Gasteiger partial charge in [0.15, 0.2) is 11.2 Å². The molecule has 0 fully saturated rings. The van der Waals surface area contributed by atoms with Gasteiger partial charge < -0.3 is 19.4 Å². The smallest absolute Gasteiger partial charge is 0.280 e. The Morgan fingerprint density at radius 1 is 1.07 bits per heavy atom. The molecule has 1 atom stereocenters. The highest BCUT2D eigenvalue weighted by Gasteiger charge is 2.64. The van der Waals surface area contributed by atoms with Crippen LogP contribution in [0.2, 0.25) is 10.0 Å². The molecule has 2 amide bonds. The second kappa shape index (κ2) is 9.78. The number of ether oxygens (including phenoxy) is 2. The summed E-state index contributed by atoms with van der Waals surface area (Å²) in [5.41, 5.74) is 1.97. The molecule has 0 radical (unpaired) electrons. The number of carbonyl (C=O) groups is 2. The van der Waals surface area contributed by atoms with E-state index < -0.39 is 17.4 Å². The lowest BCUT2D eigenvalue weighted by Crippen LogP contribution is -2.51. The Morgan fingerprint density at radius 3 is 2.51 bits per heavy atom. The minimum absolute atomic E-state index is 0.155. The van der Waals surface area contributed by atoms with E-state index in [-0.39, 0.29) is 11.7 Å². The van der Waals surface area contributed by atoms with Crippen molar-refractivity contribution in [2.24, 2.45) is 0 Å². The summed E-state index contributed by atoms with van der Waals surface area (Å²) in [7, 11) is 1.55. The Kier molecular flexibility index (Phi) is 6.47. The topological polar surface area (TPSA) is 98.6 Å². The number of hydrogen-bond donors (Lipinski definition) is 1. The monoisotopic (exact) mass is 591 g/mol. The molecule has 2 aliphatic heterocycles. The largest absolute Gasteiger partial charge is 0.496 e. The zero-order valence-electron chi connectivity index (χ0n) is 23.1. The number of amides is 2. The van der Waals surface area contributed by atoms with Gasteiger partial charge in [-0.15, -0.1) is 0 Å². The first kappa shape index (κ1) is 27.1. The quantitative estimate of drug-likeness (QED) is 0.278. The van der Waals surface area contributed by atoms with Gasteiger partial charge in [-0.05, 0) is 57.5 Å². The van der Waals surface area contributed by atoms with E-state index in [0.29, 0.717) is 62.3 Å². The molecule has 2 aliphatic rings. The van der Waals surface area contributed by atoms with Crippen molar-refractivity contribution in [3.05, 3.63) is 81.2 Å². The molecule has 1 N–H and O–H groups in total. The minimum atomic E-state index is -1.58. The van der Waals surface area contributed by atoms with Crippen LogP contribution >= 0.6 is 23.2 Å². The van der Waals surface area contributed by atoms with Crippen molar-refractivity contribution >= 4 is 46.4 Å². The van der Waals surface area contributed by atoms with Crippen molar-refractivity contribution in [2.75, 3.05) is 23.9 Å². The number of benzene rings is 2. The molecule has 2 aromatic heterocycles. The molecule has 4 heterocycles. The maximum Gasteiger partial charge on any atom is 0.280 e. The van der Waals surface area contributed by atoms with Crippen LogP contribution in [-0.4, -0.2) is 40.1 Å². The van der Waals surface area contributed by atoms with Gasteiger partial charge in [0.25, 0.3) is 11.8 Å². The zero-order valence-corrected chi connectivity index (χ0v) is 24.6. The fourth-order valence-electron chi connectivity index (χ4n) is 5.81. The first-order valence-corrected chi connectivity index (χ1v) is 13.9. The fraction of sp³-hybridized carbons (Fsp3) is 0.267. The summed E-state index contributed by atoms with van der Waals surface area (Å²) < 4.78 is 13.2. The fourth-order valence-corrected chi connectivity index (χ4v) is 6.15. The summed E-state index contributed by atoms with van der Waals surface area (Å²) >= 11 is 12.8. The van der Waals surface area contributed by atoms with E-state index in [9.17, 15) is 9.59 Å². The Morgan fingerprint density at radius 2 is 1.80 bits per heavy atom. The van der Waals surface area contributed by atoms with Gasteiger partial charge in [-0.2, -0.15) is 0 Å². The summed E-state index contributed by atoms with van der Waals surface area (Å²) in [5, 5.41) is 3.87. The molecular weight excluding hydrogens is 565 g/mol. The number of rotatable bonds is 6. The Hall–Kier alpha value is -4.08. The van der Waals surface area contributed by atoms with Crippen LogP contribution in [0.5, 0.6) is 11.6 Å². The number of anilines is 2. The molecule has 11 heteroatoms. The highest BCUT2D eigenvalue weighted by molar-refractivity contribution is 6.32. The van der Waals surface area contributed by atoms with Gasteiger partial charge >= 0.3 is 0 Å². The molecule has 0 saturated heterocycles. The van der Waals surface area contributed by atoms with Crippen LogP contribution in [-0.2, 0) is 10.3 Å². The van der Waals surface area contributed by atoms with Crippen LogP contribution in [0.3, 0.4) is 0 Å².